The van der Waals surface area contributed by atoms with Crippen LogP contribution in [-0.2, 0) is 16.1 Å². The monoisotopic (exact) mass is 278 g/mol. The summed E-state index contributed by atoms with van der Waals surface area (Å²) in [4.78, 5) is 12.0. The Morgan fingerprint density at radius 2 is 2.05 bits per heavy atom. The van der Waals surface area contributed by atoms with E-state index in [2.05, 4.69) is 12.2 Å². The van der Waals surface area contributed by atoms with Crippen LogP contribution < -0.4 is 11.1 Å². The number of amides is 1. The summed E-state index contributed by atoms with van der Waals surface area (Å²) in [6, 6.07) is 7.55. The van der Waals surface area contributed by atoms with Crippen molar-refractivity contribution in [1.29, 1.82) is 0 Å². The maximum absolute atomic E-state index is 12.0. The van der Waals surface area contributed by atoms with Crippen LogP contribution in [0, 0.1) is 0 Å². The minimum absolute atomic E-state index is 0.124. The summed E-state index contributed by atoms with van der Waals surface area (Å²) in [5.41, 5.74) is 7.34. The number of hydrogen-bond acceptors (Lipinski definition) is 3. The zero-order valence-corrected chi connectivity index (χ0v) is 12.5. The molecule has 0 aliphatic carbocycles. The maximum Gasteiger partial charge on any atom is 0.253 e. The molecule has 0 aromatic heterocycles. The van der Waals surface area contributed by atoms with Crippen LogP contribution in [0.25, 0.3) is 0 Å². The molecular formula is C16H26N2O2. The Balaban J connectivity index is 2.37. The highest BCUT2D eigenvalue weighted by Gasteiger charge is 2.14. The Morgan fingerprint density at radius 1 is 1.30 bits per heavy atom. The normalized spacial score (nSPS) is 12.2. The lowest BCUT2D eigenvalue weighted by Gasteiger charge is -2.15. The molecule has 0 spiro atoms. The van der Waals surface area contributed by atoms with Gasteiger partial charge in [-0.15, -0.1) is 0 Å². The molecule has 4 heteroatoms. The average Bonchev–Trinajstić information content (AvgIpc) is 2.47. The fourth-order valence-electron chi connectivity index (χ4n) is 1.92. The Kier molecular flexibility index (Phi) is 7.92. The number of para-hydroxylation sites is 1. The molecule has 20 heavy (non-hydrogen) atoms. The van der Waals surface area contributed by atoms with Crippen LogP contribution in [0.5, 0.6) is 0 Å². The number of rotatable bonds is 9. The second kappa shape index (κ2) is 9.50. The van der Waals surface area contributed by atoms with Gasteiger partial charge in [-0.1, -0.05) is 44.4 Å². The van der Waals surface area contributed by atoms with Crippen LogP contribution in [0.15, 0.2) is 24.3 Å². The molecule has 1 aromatic rings. The highest BCUT2D eigenvalue weighted by atomic mass is 16.5. The first-order valence-electron chi connectivity index (χ1n) is 7.39. The molecule has 0 aliphatic rings. The summed E-state index contributed by atoms with van der Waals surface area (Å²) in [5, 5.41) is 2.87. The highest BCUT2D eigenvalue weighted by molar-refractivity contribution is 5.94. The van der Waals surface area contributed by atoms with Gasteiger partial charge < -0.3 is 15.8 Å². The number of ether oxygens (including phenoxy) is 1. The van der Waals surface area contributed by atoms with Gasteiger partial charge in [-0.05, 0) is 25.0 Å². The fraction of sp³-hybridized carbons (Fsp3) is 0.562. The predicted octanol–water partition coefficient (Wildman–Crippen LogP) is 3.07. The van der Waals surface area contributed by atoms with E-state index in [4.69, 9.17) is 10.5 Å². The Bertz CT molecular complexity index is 407. The number of anilines is 1. The number of nitrogens with two attached hydrogens (primary N) is 1. The summed E-state index contributed by atoms with van der Waals surface area (Å²) >= 11 is 0. The van der Waals surface area contributed by atoms with Gasteiger partial charge in [0.05, 0.1) is 0 Å². The fourth-order valence-corrected chi connectivity index (χ4v) is 1.92. The summed E-state index contributed by atoms with van der Waals surface area (Å²) in [6.07, 6.45) is 4.13. The van der Waals surface area contributed by atoms with Gasteiger partial charge in [0.25, 0.3) is 5.91 Å². The number of unbranched alkanes of at least 4 members (excludes halogenated alkanes) is 3. The topological polar surface area (TPSA) is 64.3 Å². The standard InChI is InChI=1S/C16H26N2O2/c1-3-4-5-8-11-20-13(2)16(19)18-15-10-7-6-9-14(15)12-17/h6-7,9-10,13H,3-5,8,11-12,17H2,1-2H3,(H,18,19). The molecule has 0 saturated heterocycles. The number of benzene rings is 1. The molecular weight excluding hydrogens is 252 g/mol. The molecule has 1 atom stereocenters. The Labute approximate surface area is 121 Å². The molecule has 1 aromatic carbocycles. The van der Waals surface area contributed by atoms with Gasteiger partial charge in [-0.25, -0.2) is 0 Å². The zero-order chi connectivity index (χ0) is 14.8. The molecule has 112 valence electrons. The van der Waals surface area contributed by atoms with E-state index in [1.54, 1.807) is 6.92 Å². The predicted molar refractivity (Wildman–Crippen MR) is 82.5 cm³/mol. The van der Waals surface area contributed by atoms with Gasteiger partial charge in [-0.3, -0.25) is 4.79 Å². The van der Waals surface area contributed by atoms with Crippen LogP contribution in [0.1, 0.15) is 45.1 Å². The maximum atomic E-state index is 12.0. The largest absolute Gasteiger partial charge is 0.369 e. The van der Waals surface area contributed by atoms with Crippen LogP contribution in [-0.4, -0.2) is 18.6 Å². The second-order valence-corrected chi connectivity index (χ2v) is 4.92. The minimum Gasteiger partial charge on any atom is -0.369 e. The molecule has 3 N–H and O–H groups in total. The third kappa shape index (κ3) is 5.72. The first kappa shape index (κ1) is 16.7. The first-order chi connectivity index (χ1) is 9.69. The van der Waals surface area contributed by atoms with Gasteiger partial charge in [0, 0.05) is 18.8 Å². The van der Waals surface area contributed by atoms with Crippen molar-refractivity contribution in [2.75, 3.05) is 11.9 Å². The van der Waals surface area contributed by atoms with E-state index in [-0.39, 0.29) is 5.91 Å². The molecule has 0 fully saturated rings. The van der Waals surface area contributed by atoms with E-state index in [1.807, 2.05) is 24.3 Å². The second-order valence-electron chi connectivity index (χ2n) is 4.92. The average molecular weight is 278 g/mol. The molecule has 0 radical (unpaired) electrons. The smallest absolute Gasteiger partial charge is 0.253 e. The lowest BCUT2D eigenvalue weighted by atomic mass is 10.1. The van der Waals surface area contributed by atoms with Crippen LogP contribution in [0.2, 0.25) is 0 Å². The van der Waals surface area contributed by atoms with E-state index in [9.17, 15) is 4.79 Å². The van der Waals surface area contributed by atoms with E-state index in [0.717, 1.165) is 24.1 Å². The quantitative estimate of drug-likeness (QED) is 0.682. The number of nitrogens with one attached hydrogen (secondary N) is 1. The summed E-state index contributed by atoms with van der Waals surface area (Å²) < 4.78 is 5.55. The molecule has 0 bridgehead atoms. The van der Waals surface area contributed by atoms with E-state index < -0.39 is 6.10 Å². The third-order valence-corrected chi connectivity index (χ3v) is 3.23. The summed E-state index contributed by atoms with van der Waals surface area (Å²) in [5.74, 6) is -0.124. The van der Waals surface area contributed by atoms with Crippen molar-refractivity contribution in [3.05, 3.63) is 29.8 Å². The van der Waals surface area contributed by atoms with E-state index in [0.29, 0.717) is 13.2 Å². The van der Waals surface area contributed by atoms with Crippen molar-refractivity contribution < 1.29 is 9.53 Å². The SMILES string of the molecule is CCCCCCOC(C)C(=O)Nc1ccccc1CN. The molecule has 1 rings (SSSR count). The van der Waals surface area contributed by atoms with E-state index in [1.165, 1.54) is 12.8 Å². The molecule has 0 heterocycles. The molecule has 0 aliphatic heterocycles. The summed E-state index contributed by atoms with van der Waals surface area (Å²) in [6.45, 7) is 4.99. The van der Waals surface area contributed by atoms with Crippen LogP contribution in [0.3, 0.4) is 0 Å². The molecule has 1 unspecified atom stereocenters. The molecule has 0 saturated carbocycles. The van der Waals surface area contributed by atoms with Crippen molar-refractivity contribution in [2.24, 2.45) is 5.73 Å². The Morgan fingerprint density at radius 3 is 2.75 bits per heavy atom. The Hall–Kier alpha value is -1.39. The first-order valence-corrected chi connectivity index (χ1v) is 7.39. The van der Waals surface area contributed by atoms with Crippen molar-refractivity contribution in [3.63, 3.8) is 0 Å². The van der Waals surface area contributed by atoms with Gasteiger partial charge >= 0.3 is 0 Å². The number of carbonyl (C=O) groups excluding carboxylic acids is 1. The van der Waals surface area contributed by atoms with Crippen molar-refractivity contribution in [1.82, 2.24) is 0 Å². The summed E-state index contributed by atoms with van der Waals surface area (Å²) in [7, 11) is 0. The lowest BCUT2D eigenvalue weighted by Crippen LogP contribution is -2.28. The van der Waals surface area contributed by atoms with Crippen molar-refractivity contribution in [2.45, 2.75) is 52.2 Å². The molecule has 1 amide bonds. The third-order valence-electron chi connectivity index (χ3n) is 3.23. The van der Waals surface area contributed by atoms with Gasteiger partial charge in [0.15, 0.2) is 0 Å². The minimum atomic E-state index is -0.442. The van der Waals surface area contributed by atoms with Crippen molar-refractivity contribution in [3.8, 4) is 0 Å². The van der Waals surface area contributed by atoms with Gasteiger partial charge in [0.1, 0.15) is 6.10 Å². The van der Waals surface area contributed by atoms with Crippen LogP contribution >= 0.6 is 0 Å². The van der Waals surface area contributed by atoms with Gasteiger partial charge in [-0.2, -0.15) is 0 Å². The van der Waals surface area contributed by atoms with E-state index >= 15 is 0 Å². The van der Waals surface area contributed by atoms with Gasteiger partial charge in [0.2, 0.25) is 0 Å². The highest BCUT2D eigenvalue weighted by Crippen LogP contribution is 2.14. The van der Waals surface area contributed by atoms with Crippen LogP contribution in [0.4, 0.5) is 5.69 Å². The number of hydrogen-bond donors (Lipinski definition) is 2. The molecule has 4 nitrogen and oxygen atoms in total. The zero-order valence-electron chi connectivity index (χ0n) is 12.5. The number of carbonyl (C=O) groups is 1. The lowest BCUT2D eigenvalue weighted by molar-refractivity contribution is -0.126. The van der Waals surface area contributed by atoms with Crippen molar-refractivity contribution >= 4 is 11.6 Å².